The second kappa shape index (κ2) is 8.34. The summed E-state index contributed by atoms with van der Waals surface area (Å²) in [4.78, 5) is 10.8. The third-order valence-corrected chi connectivity index (χ3v) is 3.16. The number of carboxylic acids is 1. The molecule has 2 aromatic rings. The minimum Gasteiger partial charge on any atom is -0.493 e. The maximum atomic E-state index is 10.8. The van der Waals surface area contributed by atoms with Gasteiger partial charge >= 0.3 is 5.97 Å². The SMILES string of the molecule is COc1cc(C=NN=C(N)N)ccc1OCc1ccc(C(=O)O)cc1. The Labute approximate surface area is 144 Å². The van der Waals surface area contributed by atoms with Crippen LogP contribution in [0.2, 0.25) is 0 Å². The van der Waals surface area contributed by atoms with E-state index in [0.29, 0.717) is 11.5 Å². The molecule has 5 N–H and O–H groups in total. The number of rotatable bonds is 7. The molecule has 0 unspecified atom stereocenters. The van der Waals surface area contributed by atoms with Crippen LogP contribution in [0, 0.1) is 0 Å². The molecule has 130 valence electrons. The van der Waals surface area contributed by atoms with Crippen molar-refractivity contribution in [3.63, 3.8) is 0 Å². The Hall–Kier alpha value is -3.55. The first kappa shape index (κ1) is 17.8. The number of ether oxygens (including phenoxy) is 2. The van der Waals surface area contributed by atoms with Crippen molar-refractivity contribution in [3.05, 3.63) is 59.2 Å². The van der Waals surface area contributed by atoms with E-state index in [2.05, 4.69) is 10.2 Å². The molecule has 2 rings (SSSR count). The topological polar surface area (TPSA) is 133 Å². The Morgan fingerprint density at radius 3 is 2.48 bits per heavy atom. The van der Waals surface area contributed by atoms with E-state index in [0.717, 1.165) is 11.1 Å². The summed E-state index contributed by atoms with van der Waals surface area (Å²) in [7, 11) is 1.53. The Balaban J connectivity index is 2.07. The lowest BCUT2D eigenvalue weighted by Crippen LogP contribution is -2.21. The first-order chi connectivity index (χ1) is 12.0. The highest BCUT2D eigenvalue weighted by Gasteiger charge is 2.07. The summed E-state index contributed by atoms with van der Waals surface area (Å²) >= 11 is 0. The molecule has 0 bridgehead atoms. The molecule has 0 heterocycles. The van der Waals surface area contributed by atoms with Crippen molar-refractivity contribution in [1.29, 1.82) is 0 Å². The van der Waals surface area contributed by atoms with Gasteiger partial charge in [0.25, 0.3) is 0 Å². The zero-order valence-electron chi connectivity index (χ0n) is 13.5. The van der Waals surface area contributed by atoms with Crippen LogP contribution in [0.15, 0.2) is 52.7 Å². The van der Waals surface area contributed by atoms with Crippen molar-refractivity contribution in [1.82, 2.24) is 0 Å². The van der Waals surface area contributed by atoms with Crippen LogP contribution < -0.4 is 20.9 Å². The number of carbonyl (C=O) groups is 1. The summed E-state index contributed by atoms with van der Waals surface area (Å²) in [6.45, 7) is 0.275. The number of guanidine groups is 1. The monoisotopic (exact) mass is 342 g/mol. The number of aromatic carboxylic acids is 1. The minimum atomic E-state index is -0.966. The predicted octanol–water partition coefficient (Wildman–Crippen LogP) is 1.58. The third-order valence-electron chi connectivity index (χ3n) is 3.16. The molecule has 2 aromatic carbocycles. The number of benzene rings is 2. The molecule has 0 aliphatic heterocycles. The van der Waals surface area contributed by atoms with Crippen molar-refractivity contribution >= 4 is 18.1 Å². The first-order valence-electron chi connectivity index (χ1n) is 7.24. The lowest BCUT2D eigenvalue weighted by molar-refractivity contribution is 0.0697. The lowest BCUT2D eigenvalue weighted by Gasteiger charge is -2.11. The van der Waals surface area contributed by atoms with Crippen LogP contribution in [0.1, 0.15) is 21.5 Å². The van der Waals surface area contributed by atoms with Crippen LogP contribution in [0.5, 0.6) is 11.5 Å². The quantitative estimate of drug-likeness (QED) is 0.397. The highest BCUT2D eigenvalue weighted by molar-refractivity contribution is 5.87. The number of hydrogen-bond acceptors (Lipinski definition) is 5. The number of carboxylic acid groups (broad SMARTS) is 1. The molecule has 0 amide bonds. The summed E-state index contributed by atoms with van der Waals surface area (Å²) in [6, 6.07) is 11.7. The molecule has 0 aliphatic rings. The Morgan fingerprint density at radius 1 is 1.16 bits per heavy atom. The molecule has 0 aromatic heterocycles. The largest absolute Gasteiger partial charge is 0.493 e. The van der Waals surface area contributed by atoms with E-state index in [1.807, 2.05) is 0 Å². The summed E-state index contributed by atoms with van der Waals surface area (Å²) < 4.78 is 11.0. The zero-order chi connectivity index (χ0) is 18.2. The fraction of sp³-hybridized carbons (Fsp3) is 0.118. The van der Waals surface area contributed by atoms with Crippen LogP contribution in [0.3, 0.4) is 0 Å². The standard InChI is InChI=1S/C17H18N4O4/c1-24-15-8-12(9-20-21-17(18)19)4-7-14(15)25-10-11-2-5-13(6-3-11)16(22)23/h2-9H,10H2,1H3,(H,22,23)(H4,18,19,21). The summed E-state index contributed by atoms with van der Waals surface area (Å²) in [6.07, 6.45) is 1.48. The first-order valence-corrected chi connectivity index (χ1v) is 7.24. The van der Waals surface area contributed by atoms with Gasteiger partial charge in [-0.25, -0.2) is 4.79 Å². The molecule has 0 aliphatic carbocycles. The number of methoxy groups -OCH3 is 1. The predicted molar refractivity (Wildman–Crippen MR) is 94.1 cm³/mol. The fourth-order valence-electron chi connectivity index (χ4n) is 1.95. The van der Waals surface area contributed by atoms with E-state index in [4.69, 9.17) is 26.0 Å². The smallest absolute Gasteiger partial charge is 0.335 e. The van der Waals surface area contributed by atoms with Gasteiger partial charge < -0.3 is 26.0 Å². The van der Waals surface area contributed by atoms with Crippen LogP contribution in [-0.4, -0.2) is 30.4 Å². The van der Waals surface area contributed by atoms with Gasteiger partial charge in [-0.15, -0.1) is 5.10 Å². The molecule has 0 saturated carbocycles. The second-order valence-corrected chi connectivity index (χ2v) is 4.97. The number of nitrogens with two attached hydrogens (primary N) is 2. The molecule has 0 saturated heterocycles. The summed E-state index contributed by atoms with van der Waals surface area (Å²) in [5.74, 6) is -0.0243. The van der Waals surface area contributed by atoms with Crippen LogP contribution in [-0.2, 0) is 6.61 Å². The van der Waals surface area contributed by atoms with Crippen molar-refractivity contribution in [3.8, 4) is 11.5 Å². The van der Waals surface area contributed by atoms with Gasteiger partial charge in [-0.1, -0.05) is 12.1 Å². The molecule has 0 radical (unpaired) electrons. The minimum absolute atomic E-state index is 0.128. The third kappa shape index (κ3) is 5.24. The van der Waals surface area contributed by atoms with E-state index < -0.39 is 5.97 Å². The van der Waals surface area contributed by atoms with Crippen molar-refractivity contribution in [2.75, 3.05) is 7.11 Å². The number of hydrogen-bond donors (Lipinski definition) is 3. The van der Waals surface area contributed by atoms with E-state index in [9.17, 15) is 4.79 Å². The number of nitrogens with zero attached hydrogens (tertiary/aromatic N) is 2. The molecule has 25 heavy (non-hydrogen) atoms. The van der Waals surface area contributed by atoms with Crippen LogP contribution in [0.4, 0.5) is 0 Å². The van der Waals surface area contributed by atoms with Crippen molar-refractivity contribution in [2.45, 2.75) is 6.61 Å². The maximum absolute atomic E-state index is 10.8. The molecule has 8 heteroatoms. The van der Waals surface area contributed by atoms with E-state index in [-0.39, 0.29) is 18.1 Å². The average molecular weight is 342 g/mol. The lowest BCUT2D eigenvalue weighted by atomic mass is 10.1. The summed E-state index contributed by atoms with van der Waals surface area (Å²) in [5, 5.41) is 16.1. The molecule has 0 spiro atoms. The summed E-state index contributed by atoms with van der Waals surface area (Å²) in [5.41, 5.74) is 12.2. The average Bonchev–Trinajstić information content (AvgIpc) is 2.60. The molecule has 0 fully saturated rings. The van der Waals surface area contributed by atoms with E-state index >= 15 is 0 Å². The van der Waals surface area contributed by atoms with Gasteiger partial charge in [0.05, 0.1) is 18.9 Å². The second-order valence-electron chi connectivity index (χ2n) is 4.97. The van der Waals surface area contributed by atoms with E-state index in [1.165, 1.54) is 25.5 Å². The van der Waals surface area contributed by atoms with Gasteiger partial charge in [-0.05, 0) is 41.5 Å². The highest BCUT2D eigenvalue weighted by atomic mass is 16.5. The highest BCUT2D eigenvalue weighted by Crippen LogP contribution is 2.28. The van der Waals surface area contributed by atoms with Gasteiger partial charge in [0.1, 0.15) is 6.61 Å². The van der Waals surface area contributed by atoms with Crippen LogP contribution >= 0.6 is 0 Å². The Kier molecular flexibility index (Phi) is 5.94. The molecule has 0 atom stereocenters. The van der Waals surface area contributed by atoms with Gasteiger partial charge in [0, 0.05) is 0 Å². The van der Waals surface area contributed by atoms with Gasteiger partial charge in [0.2, 0.25) is 5.96 Å². The van der Waals surface area contributed by atoms with Gasteiger partial charge in [0.15, 0.2) is 11.5 Å². The van der Waals surface area contributed by atoms with Gasteiger partial charge in [-0.3, -0.25) is 0 Å². The normalized spacial score (nSPS) is 10.4. The fourth-order valence-corrected chi connectivity index (χ4v) is 1.95. The van der Waals surface area contributed by atoms with E-state index in [1.54, 1.807) is 30.3 Å². The maximum Gasteiger partial charge on any atom is 0.335 e. The molecule has 8 nitrogen and oxygen atoms in total. The van der Waals surface area contributed by atoms with Crippen LogP contribution in [0.25, 0.3) is 0 Å². The molecular weight excluding hydrogens is 324 g/mol. The van der Waals surface area contributed by atoms with Crippen molar-refractivity contribution < 1.29 is 19.4 Å². The Bertz CT molecular complexity index is 797. The van der Waals surface area contributed by atoms with Crippen molar-refractivity contribution in [2.24, 2.45) is 21.7 Å². The molecular formula is C17H18N4O4. The van der Waals surface area contributed by atoms with Gasteiger partial charge in [-0.2, -0.15) is 5.10 Å². The zero-order valence-corrected chi connectivity index (χ0v) is 13.5. The Morgan fingerprint density at radius 2 is 1.88 bits per heavy atom.